The maximum Gasteiger partial charge on any atom is 0.168 e. The number of halogens is 1. The van der Waals surface area contributed by atoms with Crippen molar-refractivity contribution in [2.75, 3.05) is 20.3 Å². The summed E-state index contributed by atoms with van der Waals surface area (Å²) in [7, 11) is 1.50. The Bertz CT molecular complexity index is 433. The van der Waals surface area contributed by atoms with E-state index in [-0.39, 0.29) is 18.0 Å². The quantitative estimate of drug-likeness (QED) is 0.837. The Balaban J connectivity index is 2.10. The summed E-state index contributed by atoms with van der Waals surface area (Å²) in [6, 6.07) is 5.49. The van der Waals surface area contributed by atoms with Crippen LogP contribution in [0, 0.1) is 5.82 Å². The van der Waals surface area contributed by atoms with Crippen LogP contribution in [0.3, 0.4) is 0 Å². The van der Waals surface area contributed by atoms with Crippen molar-refractivity contribution >= 4 is 0 Å². The predicted molar refractivity (Wildman–Crippen MR) is 82.3 cm³/mol. The molecule has 0 aromatic heterocycles. The largest absolute Gasteiger partial charge is 0.494 e. The van der Waals surface area contributed by atoms with Crippen LogP contribution < -0.4 is 10.1 Å². The molecule has 118 valence electrons. The van der Waals surface area contributed by atoms with Crippen molar-refractivity contribution in [1.82, 2.24) is 5.32 Å². The fourth-order valence-electron chi connectivity index (χ4n) is 2.86. The molecule has 1 aliphatic rings. The summed E-state index contributed by atoms with van der Waals surface area (Å²) in [6.45, 7) is 3.88. The summed E-state index contributed by atoms with van der Waals surface area (Å²) >= 11 is 0. The number of nitrogens with one attached hydrogen (secondary N) is 1. The molecule has 2 rings (SSSR count). The van der Waals surface area contributed by atoms with Gasteiger partial charge in [-0.1, -0.05) is 19.1 Å². The summed E-state index contributed by atoms with van der Waals surface area (Å²) < 4.78 is 25.3. The summed E-state index contributed by atoms with van der Waals surface area (Å²) in [5.41, 5.74) is 0.692. The van der Waals surface area contributed by atoms with Gasteiger partial charge in [0, 0.05) is 12.6 Å². The second-order valence-electron chi connectivity index (χ2n) is 5.60. The summed E-state index contributed by atoms with van der Waals surface area (Å²) in [5.74, 6) is 0.0606. The van der Waals surface area contributed by atoms with Crippen LogP contribution in [0.25, 0.3) is 0 Å². The molecule has 0 aliphatic carbocycles. The lowest BCUT2D eigenvalue weighted by molar-refractivity contribution is -0.00753. The van der Waals surface area contributed by atoms with Gasteiger partial charge in [0.25, 0.3) is 0 Å². The van der Waals surface area contributed by atoms with Gasteiger partial charge in [-0.2, -0.15) is 0 Å². The third-order valence-corrected chi connectivity index (χ3v) is 4.02. The molecule has 0 amide bonds. The molecule has 0 saturated carbocycles. The number of rotatable bonds is 7. The van der Waals surface area contributed by atoms with Crippen molar-refractivity contribution in [2.45, 2.75) is 51.2 Å². The molecule has 1 aliphatic heterocycles. The summed E-state index contributed by atoms with van der Waals surface area (Å²) in [6.07, 6.45) is 5.24. The third-order valence-electron chi connectivity index (χ3n) is 4.02. The Morgan fingerprint density at radius 3 is 2.95 bits per heavy atom. The Morgan fingerprint density at radius 2 is 2.29 bits per heavy atom. The van der Waals surface area contributed by atoms with Crippen LogP contribution in [0.1, 0.15) is 38.2 Å². The van der Waals surface area contributed by atoms with E-state index in [1.54, 1.807) is 6.07 Å². The van der Waals surface area contributed by atoms with Gasteiger partial charge in [-0.3, -0.25) is 0 Å². The van der Waals surface area contributed by atoms with Gasteiger partial charge in [0.1, 0.15) is 0 Å². The van der Waals surface area contributed by atoms with Crippen LogP contribution in [0.5, 0.6) is 5.75 Å². The van der Waals surface area contributed by atoms with Crippen molar-refractivity contribution in [2.24, 2.45) is 0 Å². The topological polar surface area (TPSA) is 30.5 Å². The third kappa shape index (κ3) is 4.42. The van der Waals surface area contributed by atoms with E-state index in [0.29, 0.717) is 17.7 Å². The lowest BCUT2D eigenvalue weighted by atomic mass is 9.95. The number of benzene rings is 1. The van der Waals surface area contributed by atoms with E-state index in [9.17, 15) is 4.39 Å². The van der Waals surface area contributed by atoms with Gasteiger partial charge >= 0.3 is 0 Å². The minimum Gasteiger partial charge on any atom is -0.494 e. The zero-order chi connectivity index (χ0) is 15.1. The van der Waals surface area contributed by atoms with Crippen LogP contribution in [0.2, 0.25) is 0 Å². The van der Waals surface area contributed by atoms with Crippen molar-refractivity contribution < 1.29 is 13.9 Å². The molecule has 0 radical (unpaired) electrons. The van der Waals surface area contributed by atoms with Crippen molar-refractivity contribution in [1.29, 1.82) is 0 Å². The first-order valence-corrected chi connectivity index (χ1v) is 7.92. The molecule has 1 fully saturated rings. The van der Waals surface area contributed by atoms with E-state index in [0.717, 1.165) is 32.4 Å². The van der Waals surface area contributed by atoms with Crippen LogP contribution in [-0.4, -0.2) is 32.4 Å². The van der Waals surface area contributed by atoms with Gasteiger partial charge in [-0.25, -0.2) is 4.39 Å². The van der Waals surface area contributed by atoms with E-state index in [1.807, 2.05) is 12.1 Å². The molecular weight excluding hydrogens is 269 g/mol. The smallest absolute Gasteiger partial charge is 0.168 e. The molecule has 4 heteroatoms. The van der Waals surface area contributed by atoms with Crippen molar-refractivity contribution in [3.05, 3.63) is 29.6 Å². The van der Waals surface area contributed by atoms with Crippen LogP contribution in [0.15, 0.2) is 18.2 Å². The maximum atomic E-state index is 14.3. The molecule has 1 saturated heterocycles. The summed E-state index contributed by atoms with van der Waals surface area (Å²) in [5, 5.41) is 3.52. The molecule has 21 heavy (non-hydrogen) atoms. The van der Waals surface area contributed by atoms with Gasteiger partial charge in [-0.15, -0.1) is 0 Å². The average molecular weight is 295 g/mol. The fraction of sp³-hybridized carbons (Fsp3) is 0.647. The molecule has 2 atom stereocenters. The van der Waals surface area contributed by atoms with Gasteiger partial charge in [0.05, 0.1) is 13.2 Å². The van der Waals surface area contributed by atoms with E-state index in [2.05, 4.69) is 12.2 Å². The maximum absolute atomic E-state index is 14.3. The first kappa shape index (κ1) is 16.2. The lowest BCUT2D eigenvalue weighted by Gasteiger charge is -2.31. The number of hydrogen-bond donors (Lipinski definition) is 1. The van der Waals surface area contributed by atoms with Crippen LogP contribution >= 0.6 is 0 Å². The van der Waals surface area contributed by atoms with E-state index in [4.69, 9.17) is 9.47 Å². The molecule has 2 unspecified atom stereocenters. The lowest BCUT2D eigenvalue weighted by Crippen LogP contribution is -2.45. The monoisotopic (exact) mass is 295 g/mol. The van der Waals surface area contributed by atoms with Gasteiger partial charge in [0.15, 0.2) is 11.6 Å². The van der Waals surface area contributed by atoms with Crippen LogP contribution in [-0.2, 0) is 11.2 Å². The first-order chi connectivity index (χ1) is 10.3. The molecule has 1 aromatic rings. The Morgan fingerprint density at radius 1 is 1.43 bits per heavy atom. The Hall–Kier alpha value is -1.13. The highest BCUT2D eigenvalue weighted by molar-refractivity contribution is 5.31. The highest BCUT2D eigenvalue weighted by atomic mass is 19.1. The standard InChI is InChI=1S/C17H26FNO2/c1-3-10-19-14(15-8-4-5-11-21-15)12-13-7-6-9-16(20-2)17(13)18/h6-7,9,14-15,19H,3-5,8,10-12H2,1-2H3. The minimum absolute atomic E-state index is 0.159. The first-order valence-electron chi connectivity index (χ1n) is 7.92. The molecule has 0 spiro atoms. The molecule has 1 aromatic carbocycles. The predicted octanol–water partition coefficient (Wildman–Crippen LogP) is 3.31. The van der Waals surface area contributed by atoms with E-state index >= 15 is 0 Å². The number of ether oxygens (including phenoxy) is 2. The SMILES string of the molecule is CCCNC(Cc1cccc(OC)c1F)C1CCCCO1. The van der Waals surface area contributed by atoms with Gasteiger partial charge in [-0.05, 0) is 50.3 Å². The van der Waals surface area contributed by atoms with Crippen molar-refractivity contribution in [3.63, 3.8) is 0 Å². The molecule has 0 bridgehead atoms. The highest BCUT2D eigenvalue weighted by Gasteiger charge is 2.25. The van der Waals surface area contributed by atoms with E-state index < -0.39 is 0 Å². The number of methoxy groups -OCH3 is 1. The minimum atomic E-state index is -0.251. The number of hydrogen-bond acceptors (Lipinski definition) is 3. The second-order valence-corrected chi connectivity index (χ2v) is 5.60. The van der Waals surface area contributed by atoms with Gasteiger partial charge < -0.3 is 14.8 Å². The molecule has 3 nitrogen and oxygen atoms in total. The average Bonchev–Trinajstić information content (AvgIpc) is 2.53. The zero-order valence-electron chi connectivity index (χ0n) is 13.0. The normalized spacial score (nSPS) is 20.2. The zero-order valence-corrected chi connectivity index (χ0v) is 13.0. The fourth-order valence-corrected chi connectivity index (χ4v) is 2.86. The molecular formula is C17H26FNO2. The molecule has 1 heterocycles. The van der Waals surface area contributed by atoms with Crippen LogP contribution in [0.4, 0.5) is 4.39 Å². The summed E-state index contributed by atoms with van der Waals surface area (Å²) in [4.78, 5) is 0. The highest BCUT2D eigenvalue weighted by Crippen LogP contribution is 2.24. The Labute approximate surface area is 126 Å². The second kappa shape index (κ2) is 8.35. The van der Waals surface area contributed by atoms with Crippen molar-refractivity contribution in [3.8, 4) is 5.75 Å². The van der Waals surface area contributed by atoms with Gasteiger partial charge in [0.2, 0.25) is 0 Å². The Kier molecular flexibility index (Phi) is 6.46. The van der Waals surface area contributed by atoms with E-state index in [1.165, 1.54) is 13.5 Å². The molecule has 1 N–H and O–H groups in total.